The minimum Gasteiger partial charge on any atom is -0.356 e. The first kappa shape index (κ1) is 8.44. The van der Waals surface area contributed by atoms with E-state index in [1.54, 1.807) is 6.20 Å². The van der Waals surface area contributed by atoms with Crippen molar-refractivity contribution in [2.24, 2.45) is 5.73 Å². The summed E-state index contributed by atoms with van der Waals surface area (Å²) in [6, 6.07) is 4.08. The van der Waals surface area contributed by atoms with Gasteiger partial charge in [-0.15, -0.1) is 0 Å². The third-order valence-electron chi connectivity index (χ3n) is 2.76. The summed E-state index contributed by atoms with van der Waals surface area (Å²) in [4.78, 5) is 7.63. The molecular formula is C10H10BrN3. The zero-order valence-electron chi connectivity index (χ0n) is 7.55. The fourth-order valence-electron chi connectivity index (χ4n) is 1.66. The molecule has 0 aliphatic heterocycles. The average molecular weight is 252 g/mol. The average Bonchev–Trinajstić information content (AvgIpc) is 2.77. The Labute approximate surface area is 89.8 Å². The molecule has 3 rings (SSSR count). The van der Waals surface area contributed by atoms with E-state index in [-0.39, 0.29) is 5.54 Å². The number of rotatable bonds is 1. The van der Waals surface area contributed by atoms with E-state index in [4.69, 9.17) is 5.73 Å². The van der Waals surface area contributed by atoms with Crippen molar-refractivity contribution < 1.29 is 0 Å². The van der Waals surface area contributed by atoms with Crippen molar-refractivity contribution in [2.75, 3.05) is 0 Å². The summed E-state index contributed by atoms with van der Waals surface area (Å²) in [5, 5.41) is 0. The summed E-state index contributed by atoms with van der Waals surface area (Å²) < 4.78 is 0.986. The lowest BCUT2D eigenvalue weighted by molar-refractivity contribution is 0.717. The number of hydrogen-bond donors (Lipinski definition) is 2. The highest BCUT2D eigenvalue weighted by molar-refractivity contribution is 9.10. The molecule has 0 amide bonds. The zero-order valence-corrected chi connectivity index (χ0v) is 9.13. The number of hydrogen-bond acceptors (Lipinski definition) is 2. The molecule has 72 valence electrons. The van der Waals surface area contributed by atoms with E-state index in [0.717, 1.165) is 34.0 Å². The molecule has 3 nitrogen and oxygen atoms in total. The van der Waals surface area contributed by atoms with E-state index in [0.29, 0.717) is 0 Å². The van der Waals surface area contributed by atoms with Crippen LogP contribution in [-0.2, 0) is 5.54 Å². The zero-order chi connectivity index (χ0) is 9.76. The molecule has 1 aliphatic carbocycles. The number of halogens is 1. The van der Waals surface area contributed by atoms with Crippen LogP contribution in [0.15, 0.2) is 22.8 Å². The Kier molecular flexibility index (Phi) is 1.56. The molecule has 0 bridgehead atoms. The normalized spacial score (nSPS) is 18.7. The van der Waals surface area contributed by atoms with Gasteiger partial charge in [0.05, 0.1) is 16.6 Å². The van der Waals surface area contributed by atoms with E-state index >= 15 is 0 Å². The number of nitrogens with two attached hydrogens (primary N) is 1. The number of nitrogens with one attached hydrogen (secondary N) is 1. The van der Waals surface area contributed by atoms with E-state index in [2.05, 4.69) is 32.0 Å². The monoisotopic (exact) mass is 251 g/mol. The molecule has 2 heterocycles. The maximum absolute atomic E-state index is 6.10. The van der Waals surface area contributed by atoms with Crippen LogP contribution < -0.4 is 5.73 Å². The summed E-state index contributed by atoms with van der Waals surface area (Å²) in [5.41, 5.74) is 9.14. The van der Waals surface area contributed by atoms with Gasteiger partial charge in [-0.25, -0.2) is 0 Å². The number of fused-ring (bicyclic) bond motifs is 1. The molecule has 0 radical (unpaired) electrons. The molecule has 0 saturated heterocycles. The van der Waals surface area contributed by atoms with Crippen LogP contribution in [0.4, 0.5) is 0 Å². The molecule has 2 aromatic heterocycles. The molecule has 0 aromatic carbocycles. The predicted molar refractivity (Wildman–Crippen MR) is 58.9 cm³/mol. The van der Waals surface area contributed by atoms with Crippen molar-refractivity contribution >= 4 is 27.0 Å². The SMILES string of the molecule is NC1(c2cc3ncc(Br)cc3[nH]2)CC1. The minimum absolute atomic E-state index is 0.104. The molecule has 0 spiro atoms. The Hall–Kier alpha value is -0.870. The van der Waals surface area contributed by atoms with Crippen molar-refractivity contribution in [2.45, 2.75) is 18.4 Å². The number of H-pyrrole nitrogens is 1. The van der Waals surface area contributed by atoms with E-state index in [9.17, 15) is 0 Å². The van der Waals surface area contributed by atoms with Crippen molar-refractivity contribution in [3.05, 3.63) is 28.5 Å². The van der Waals surface area contributed by atoms with E-state index in [1.165, 1.54) is 0 Å². The predicted octanol–water partition coefficient (Wildman–Crippen LogP) is 2.27. The summed E-state index contributed by atoms with van der Waals surface area (Å²) in [7, 11) is 0. The molecule has 1 aliphatic rings. The summed E-state index contributed by atoms with van der Waals surface area (Å²) >= 11 is 3.39. The minimum atomic E-state index is -0.104. The first-order valence-corrected chi connectivity index (χ1v) is 5.40. The van der Waals surface area contributed by atoms with Gasteiger partial charge in [0.1, 0.15) is 0 Å². The van der Waals surface area contributed by atoms with Crippen LogP contribution in [0.2, 0.25) is 0 Å². The smallest absolute Gasteiger partial charge is 0.0883 e. The number of pyridine rings is 1. The first-order valence-electron chi connectivity index (χ1n) is 4.61. The van der Waals surface area contributed by atoms with Crippen LogP contribution in [0.3, 0.4) is 0 Å². The second-order valence-corrected chi connectivity index (χ2v) is 4.84. The number of aromatic nitrogens is 2. The second-order valence-electron chi connectivity index (χ2n) is 3.93. The Morgan fingerprint density at radius 1 is 1.43 bits per heavy atom. The summed E-state index contributed by atoms with van der Waals surface area (Å²) in [5.74, 6) is 0. The van der Waals surface area contributed by atoms with Crippen LogP contribution in [0.1, 0.15) is 18.5 Å². The Morgan fingerprint density at radius 2 is 2.21 bits per heavy atom. The van der Waals surface area contributed by atoms with Gasteiger partial charge >= 0.3 is 0 Å². The van der Waals surface area contributed by atoms with Crippen LogP contribution in [0.25, 0.3) is 11.0 Å². The molecule has 1 saturated carbocycles. The standard InChI is InChI=1S/C10H10BrN3/c11-6-3-8-7(13-5-6)4-9(14-8)10(12)1-2-10/h3-5,14H,1-2,12H2. The van der Waals surface area contributed by atoms with Gasteiger partial charge < -0.3 is 10.7 Å². The molecular weight excluding hydrogens is 242 g/mol. The third kappa shape index (κ3) is 1.18. The van der Waals surface area contributed by atoms with Gasteiger partial charge in [-0.05, 0) is 40.9 Å². The lowest BCUT2D eigenvalue weighted by Gasteiger charge is -2.03. The molecule has 0 unspecified atom stereocenters. The van der Waals surface area contributed by atoms with Crippen molar-refractivity contribution in [3.63, 3.8) is 0 Å². The Bertz CT molecular complexity index is 499. The maximum Gasteiger partial charge on any atom is 0.0883 e. The van der Waals surface area contributed by atoms with Crippen LogP contribution in [0, 0.1) is 0 Å². The molecule has 1 fully saturated rings. The van der Waals surface area contributed by atoms with Crippen LogP contribution >= 0.6 is 15.9 Å². The van der Waals surface area contributed by atoms with Crippen molar-refractivity contribution in [1.29, 1.82) is 0 Å². The number of aromatic amines is 1. The highest BCUT2D eigenvalue weighted by Gasteiger charge is 2.41. The highest BCUT2D eigenvalue weighted by Crippen LogP contribution is 2.42. The molecule has 3 N–H and O–H groups in total. The highest BCUT2D eigenvalue weighted by atomic mass is 79.9. The van der Waals surface area contributed by atoms with Gasteiger partial charge in [0.25, 0.3) is 0 Å². The van der Waals surface area contributed by atoms with Crippen molar-refractivity contribution in [1.82, 2.24) is 9.97 Å². The van der Waals surface area contributed by atoms with Gasteiger partial charge in [0.15, 0.2) is 0 Å². The molecule has 2 aromatic rings. The van der Waals surface area contributed by atoms with E-state index < -0.39 is 0 Å². The van der Waals surface area contributed by atoms with Crippen LogP contribution in [0.5, 0.6) is 0 Å². The van der Waals surface area contributed by atoms with Gasteiger partial charge in [0, 0.05) is 16.4 Å². The quantitative estimate of drug-likeness (QED) is 0.817. The number of nitrogens with zero attached hydrogens (tertiary/aromatic N) is 1. The van der Waals surface area contributed by atoms with Gasteiger partial charge in [0.2, 0.25) is 0 Å². The van der Waals surface area contributed by atoms with Gasteiger partial charge in [-0.1, -0.05) is 0 Å². The fourth-order valence-corrected chi connectivity index (χ4v) is 1.99. The Morgan fingerprint density at radius 3 is 2.93 bits per heavy atom. The molecule has 0 atom stereocenters. The fraction of sp³-hybridized carbons (Fsp3) is 0.300. The third-order valence-corrected chi connectivity index (χ3v) is 3.19. The first-order chi connectivity index (χ1) is 6.67. The van der Waals surface area contributed by atoms with E-state index in [1.807, 2.05) is 6.07 Å². The summed E-state index contributed by atoms with van der Waals surface area (Å²) in [6.07, 6.45) is 3.94. The maximum atomic E-state index is 6.10. The van der Waals surface area contributed by atoms with Crippen LogP contribution in [-0.4, -0.2) is 9.97 Å². The molecule has 14 heavy (non-hydrogen) atoms. The lowest BCUT2D eigenvalue weighted by Crippen LogP contribution is -2.18. The second kappa shape index (κ2) is 2.58. The largest absolute Gasteiger partial charge is 0.356 e. The molecule has 4 heteroatoms. The topological polar surface area (TPSA) is 54.7 Å². The van der Waals surface area contributed by atoms with Gasteiger partial charge in [-0.2, -0.15) is 0 Å². The summed E-state index contributed by atoms with van der Waals surface area (Å²) in [6.45, 7) is 0. The Balaban J connectivity index is 2.20. The van der Waals surface area contributed by atoms with Crippen molar-refractivity contribution in [3.8, 4) is 0 Å². The lowest BCUT2D eigenvalue weighted by atomic mass is 10.2. The van der Waals surface area contributed by atoms with Gasteiger partial charge in [-0.3, -0.25) is 4.98 Å².